The molecule has 0 aliphatic rings. The predicted molar refractivity (Wildman–Crippen MR) is 62.8 cm³/mol. The first-order valence-corrected chi connectivity index (χ1v) is 5.69. The fourth-order valence-electron chi connectivity index (χ4n) is 1.25. The highest BCUT2D eigenvalue weighted by Gasteiger charge is 2.04. The van der Waals surface area contributed by atoms with Crippen LogP contribution in [0.4, 0.5) is 0 Å². The first kappa shape index (κ1) is 11.0. The summed E-state index contributed by atoms with van der Waals surface area (Å²) in [5.41, 5.74) is 5.66. The average Bonchev–Trinajstić information content (AvgIpc) is 2.56. The zero-order chi connectivity index (χ0) is 10.4. The lowest BCUT2D eigenvalue weighted by molar-refractivity contribution is 0.660. The SMILES string of the molecule is CCN=C(N)NC(C)Cc1cccs1. The molecule has 0 aliphatic carbocycles. The van der Waals surface area contributed by atoms with E-state index in [0.29, 0.717) is 12.0 Å². The van der Waals surface area contributed by atoms with Crippen LogP contribution in [0.25, 0.3) is 0 Å². The fourth-order valence-corrected chi connectivity index (χ4v) is 2.09. The van der Waals surface area contributed by atoms with Gasteiger partial charge < -0.3 is 11.1 Å². The van der Waals surface area contributed by atoms with E-state index in [0.717, 1.165) is 13.0 Å². The molecule has 0 aliphatic heterocycles. The highest BCUT2D eigenvalue weighted by molar-refractivity contribution is 7.09. The number of nitrogens with zero attached hydrogens (tertiary/aromatic N) is 1. The Kier molecular flexibility index (Phi) is 4.46. The van der Waals surface area contributed by atoms with Crippen LogP contribution in [0.15, 0.2) is 22.5 Å². The van der Waals surface area contributed by atoms with Gasteiger partial charge in [0.1, 0.15) is 0 Å². The van der Waals surface area contributed by atoms with Gasteiger partial charge in [-0.1, -0.05) is 6.07 Å². The lowest BCUT2D eigenvalue weighted by atomic mass is 10.2. The highest BCUT2D eigenvalue weighted by atomic mass is 32.1. The van der Waals surface area contributed by atoms with Crippen molar-refractivity contribution >= 4 is 17.3 Å². The molecule has 0 amide bonds. The lowest BCUT2D eigenvalue weighted by Crippen LogP contribution is -2.39. The maximum atomic E-state index is 5.66. The molecule has 0 spiro atoms. The van der Waals surface area contributed by atoms with Crippen LogP contribution in [-0.4, -0.2) is 18.5 Å². The number of thiophene rings is 1. The zero-order valence-electron chi connectivity index (χ0n) is 8.66. The van der Waals surface area contributed by atoms with Crippen LogP contribution in [0.3, 0.4) is 0 Å². The average molecular weight is 211 g/mol. The van der Waals surface area contributed by atoms with Gasteiger partial charge in [0, 0.05) is 23.9 Å². The van der Waals surface area contributed by atoms with E-state index in [9.17, 15) is 0 Å². The van der Waals surface area contributed by atoms with Crippen LogP contribution < -0.4 is 11.1 Å². The number of nitrogens with two attached hydrogens (primary N) is 1. The van der Waals surface area contributed by atoms with Crippen molar-refractivity contribution in [1.29, 1.82) is 0 Å². The first-order chi connectivity index (χ1) is 6.72. The molecule has 1 aromatic rings. The Hall–Kier alpha value is -1.03. The van der Waals surface area contributed by atoms with Crippen molar-refractivity contribution in [2.45, 2.75) is 26.3 Å². The van der Waals surface area contributed by atoms with E-state index in [-0.39, 0.29) is 0 Å². The Balaban J connectivity index is 2.36. The minimum absolute atomic E-state index is 0.337. The molecule has 14 heavy (non-hydrogen) atoms. The number of aliphatic imine (C=N–C) groups is 1. The van der Waals surface area contributed by atoms with Gasteiger partial charge in [-0.25, -0.2) is 0 Å². The van der Waals surface area contributed by atoms with E-state index in [1.54, 1.807) is 11.3 Å². The van der Waals surface area contributed by atoms with Gasteiger partial charge >= 0.3 is 0 Å². The summed E-state index contributed by atoms with van der Waals surface area (Å²) in [6.07, 6.45) is 0.998. The summed E-state index contributed by atoms with van der Waals surface area (Å²) in [5.74, 6) is 0.538. The van der Waals surface area contributed by atoms with Gasteiger partial charge in [-0.3, -0.25) is 4.99 Å². The topological polar surface area (TPSA) is 50.4 Å². The highest BCUT2D eigenvalue weighted by Crippen LogP contribution is 2.10. The molecule has 0 saturated carbocycles. The lowest BCUT2D eigenvalue weighted by Gasteiger charge is -2.12. The Morgan fingerprint density at radius 2 is 2.50 bits per heavy atom. The van der Waals surface area contributed by atoms with E-state index < -0.39 is 0 Å². The summed E-state index contributed by atoms with van der Waals surface area (Å²) in [6, 6.07) is 4.54. The number of hydrogen-bond donors (Lipinski definition) is 2. The summed E-state index contributed by atoms with van der Waals surface area (Å²) in [4.78, 5) is 5.45. The number of hydrogen-bond acceptors (Lipinski definition) is 2. The van der Waals surface area contributed by atoms with Crippen LogP contribution in [0, 0.1) is 0 Å². The molecule has 0 radical (unpaired) electrons. The molecule has 0 aromatic carbocycles. The van der Waals surface area contributed by atoms with E-state index in [1.807, 2.05) is 6.92 Å². The second-order valence-corrected chi connectivity index (χ2v) is 4.22. The van der Waals surface area contributed by atoms with Crippen molar-refractivity contribution in [2.75, 3.05) is 6.54 Å². The second kappa shape index (κ2) is 5.65. The van der Waals surface area contributed by atoms with Gasteiger partial charge in [-0.15, -0.1) is 11.3 Å². The van der Waals surface area contributed by atoms with Crippen molar-refractivity contribution in [3.05, 3.63) is 22.4 Å². The Bertz CT molecular complexity index is 280. The molecule has 0 bridgehead atoms. The van der Waals surface area contributed by atoms with Crippen LogP contribution in [0.1, 0.15) is 18.7 Å². The van der Waals surface area contributed by atoms with Gasteiger partial charge in [-0.05, 0) is 25.3 Å². The monoisotopic (exact) mass is 211 g/mol. The third kappa shape index (κ3) is 3.79. The molecule has 1 heterocycles. The Morgan fingerprint density at radius 1 is 1.71 bits per heavy atom. The molecule has 3 N–H and O–H groups in total. The Labute approximate surface area is 89.0 Å². The smallest absolute Gasteiger partial charge is 0.188 e. The summed E-state index contributed by atoms with van der Waals surface area (Å²) < 4.78 is 0. The first-order valence-electron chi connectivity index (χ1n) is 4.81. The molecule has 4 heteroatoms. The summed E-state index contributed by atoms with van der Waals surface area (Å²) in [5, 5.41) is 5.24. The second-order valence-electron chi connectivity index (χ2n) is 3.19. The van der Waals surface area contributed by atoms with Crippen LogP contribution in [0.5, 0.6) is 0 Å². The van der Waals surface area contributed by atoms with E-state index >= 15 is 0 Å². The van der Waals surface area contributed by atoms with Crippen molar-refractivity contribution in [1.82, 2.24) is 5.32 Å². The van der Waals surface area contributed by atoms with Crippen molar-refractivity contribution in [3.8, 4) is 0 Å². The third-order valence-electron chi connectivity index (χ3n) is 1.81. The van der Waals surface area contributed by atoms with Gasteiger partial charge in [-0.2, -0.15) is 0 Å². The van der Waals surface area contributed by atoms with Crippen LogP contribution in [0.2, 0.25) is 0 Å². The molecule has 78 valence electrons. The molecule has 1 atom stereocenters. The van der Waals surface area contributed by atoms with E-state index in [2.05, 4.69) is 34.7 Å². The normalized spacial score (nSPS) is 14.0. The Morgan fingerprint density at radius 3 is 3.07 bits per heavy atom. The molecule has 1 rings (SSSR count). The van der Waals surface area contributed by atoms with Gasteiger partial charge in [0.25, 0.3) is 0 Å². The van der Waals surface area contributed by atoms with Gasteiger partial charge in [0.05, 0.1) is 0 Å². The molecule has 3 nitrogen and oxygen atoms in total. The summed E-state index contributed by atoms with van der Waals surface area (Å²) >= 11 is 1.77. The largest absolute Gasteiger partial charge is 0.370 e. The zero-order valence-corrected chi connectivity index (χ0v) is 9.47. The maximum absolute atomic E-state index is 5.66. The quantitative estimate of drug-likeness (QED) is 0.587. The number of rotatable bonds is 4. The number of nitrogens with one attached hydrogen (secondary N) is 1. The molecule has 0 fully saturated rings. The minimum Gasteiger partial charge on any atom is -0.370 e. The molecule has 1 unspecified atom stereocenters. The summed E-state index contributed by atoms with van der Waals surface area (Å²) in [7, 11) is 0. The van der Waals surface area contributed by atoms with Crippen molar-refractivity contribution in [3.63, 3.8) is 0 Å². The molecule has 1 aromatic heterocycles. The summed E-state index contributed by atoms with van der Waals surface area (Å²) in [6.45, 7) is 4.81. The molecule has 0 saturated heterocycles. The number of guanidine groups is 1. The molecular formula is C10H17N3S. The van der Waals surface area contributed by atoms with Crippen LogP contribution in [-0.2, 0) is 6.42 Å². The molecular weight excluding hydrogens is 194 g/mol. The van der Waals surface area contributed by atoms with E-state index in [1.165, 1.54) is 4.88 Å². The maximum Gasteiger partial charge on any atom is 0.188 e. The predicted octanol–water partition coefficient (Wildman–Crippen LogP) is 1.60. The fraction of sp³-hybridized carbons (Fsp3) is 0.500. The van der Waals surface area contributed by atoms with E-state index in [4.69, 9.17) is 5.73 Å². The van der Waals surface area contributed by atoms with Gasteiger partial charge in [0.15, 0.2) is 5.96 Å². The van der Waals surface area contributed by atoms with Crippen molar-refractivity contribution in [2.24, 2.45) is 10.7 Å². The van der Waals surface area contributed by atoms with Crippen LogP contribution >= 0.6 is 11.3 Å². The standard InChI is InChI=1S/C10H17N3S/c1-3-12-10(11)13-8(2)7-9-5-4-6-14-9/h4-6,8H,3,7H2,1-2H3,(H3,11,12,13). The van der Waals surface area contributed by atoms with Gasteiger partial charge in [0.2, 0.25) is 0 Å². The van der Waals surface area contributed by atoms with Crippen molar-refractivity contribution < 1.29 is 0 Å². The minimum atomic E-state index is 0.337. The third-order valence-corrected chi connectivity index (χ3v) is 2.71.